The van der Waals surface area contributed by atoms with Crippen LogP contribution >= 0.6 is 0 Å². The Hall–Kier alpha value is -3.49. The normalized spacial score (nSPS) is 11.4. The van der Waals surface area contributed by atoms with Crippen molar-refractivity contribution in [1.29, 1.82) is 0 Å². The molecule has 0 aliphatic rings. The van der Waals surface area contributed by atoms with Gasteiger partial charge in [-0.25, -0.2) is 4.79 Å². The molecule has 0 aliphatic heterocycles. The third kappa shape index (κ3) is 5.40. The summed E-state index contributed by atoms with van der Waals surface area (Å²) in [5.41, 5.74) is 1.16. The van der Waals surface area contributed by atoms with Gasteiger partial charge >= 0.3 is 12.0 Å². The SMILES string of the molecule is COc1ccc2c(C)c(CCC(=O)N(C)Cc3ccccc3OC(F)(F)F)c(=O)oc2c1. The predicted octanol–water partition coefficient (Wildman–Crippen LogP) is 4.60. The van der Waals surface area contributed by atoms with Crippen LogP contribution in [0.25, 0.3) is 11.0 Å². The number of benzene rings is 2. The molecule has 0 radical (unpaired) electrons. The van der Waals surface area contributed by atoms with Crippen molar-refractivity contribution in [3.05, 3.63) is 69.6 Å². The van der Waals surface area contributed by atoms with Crippen LogP contribution < -0.4 is 15.1 Å². The molecule has 0 fully saturated rings. The summed E-state index contributed by atoms with van der Waals surface area (Å²) in [6, 6.07) is 10.8. The summed E-state index contributed by atoms with van der Waals surface area (Å²) < 4.78 is 52.4. The van der Waals surface area contributed by atoms with Gasteiger partial charge in [0.2, 0.25) is 5.91 Å². The third-order valence-corrected chi connectivity index (χ3v) is 5.11. The minimum absolute atomic E-state index is 0.00788. The van der Waals surface area contributed by atoms with E-state index in [1.807, 2.05) is 0 Å². The zero-order chi connectivity index (χ0) is 23.5. The molecule has 1 heterocycles. The molecule has 9 heteroatoms. The number of aryl methyl sites for hydroxylation is 1. The number of methoxy groups -OCH3 is 1. The summed E-state index contributed by atoms with van der Waals surface area (Å²) in [5, 5.41) is 0.736. The molecule has 0 unspecified atom stereocenters. The van der Waals surface area contributed by atoms with Gasteiger partial charge in [0.1, 0.15) is 17.1 Å². The summed E-state index contributed by atoms with van der Waals surface area (Å²) in [5.74, 6) is -0.138. The molecular weight excluding hydrogens is 427 g/mol. The van der Waals surface area contributed by atoms with Crippen molar-refractivity contribution in [3.8, 4) is 11.5 Å². The van der Waals surface area contributed by atoms with Crippen LogP contribution in [0.4, 0.5) is 13.2 Å². The Balaban J connectivity index is 1.72. The van der Waals surface area contributed by atoms with Crippen molar-refractivity contribution >= 4 is 16.9 Å². The average Bonchev–Trinajstić information content (AvgIpc) is 2.73. The van der Waals surface area contributed by atoms with Gasteiger partial charge in [-0.2, -0.15) is 0 Å². The Labute approximate surface area is 182 Å². The lowest BCUT2D eigenvalue weighted by atomic mass is 10.0. The van der Waals surface area contributed by atoms with E-state index in [0.717, 1.165) is 5.39 Å². The number of carbonyl (C=O) groups excluding carboxylic acids is 1. The minimum atomic E-state index is -4.83. The summed E-state index contributed by atoms with van der Waals surface area (Å²) in [7, 11) is 2.99. The first-order valence-electron chi connectivity index (χ1n) is 9.77. The number of ether oxygens (including phenoxy) is 2. The molecule has 170 valence electrons. The van der Waals surface area contributed by atoms with E-state index < -0.39 is 12.0 Å². The van der Waals surface area contributed by atoms with Gasteiger partial charge in [-0.05, 0) is 37.1 Å². The van der Waals surface area contributed by atoms with Gasteiger partial charge in [-0.1, -0.05) is 18.2 Å². The maximum Gasteiger partial charge on any atom is 0.573 e. The molecule has 6 nitrogen and oxygen atoms in total. The van der Waals surface area contributed by atoms with E-state index in [2.05, 4.69) is 4.74 Å². The second kappa shape index (κ2) is 9.33. The first-order valence-corrected chi connectivity index (χ1v) is 9.77. The number of carbonyl (C=O) groups is 1. The number of rotatable bonds is 7. The fourth-order valence-electron chi connectivity index (χ4n) is 3.42. The van der Waals surface area contributed by atoms with Crippen LogP contribution in [0.15, 0.2) is 51.7 Å². The molecule has 0 atom stereocenters. The third-order valence-electron chi connectivity index (χ3n) is 5.11. The molecule has 2 aromatic carbocycles. The van der Waals surface area contributed by atoms with Crippen LogP contribution in [0, 0.1) is 6.92 Å². The molecule has 32 heavy (non-hydrogen) atoms. The molecule has 0 bridgehead atoms. The summed E-state index contributed by atoms with van der Waals surface area (Å²) in [6.45, 7) is 1.70. The van der Waals surface area contributed by atoms with E-state index in [1.54, 1.807) is 31.2 Å². The molecular formula is C23H22F3NO5. The highest BCUT2D eigenvalue weighted by Gasteiger charge is 2.32. The molecule has 0 saturated carbocycles. The monoisotopic (exact) mass is 449 g/mol. The van der Waals surface area contributed by atoms with Gasteiger partial charge in [0.25, 0.3) is 0 Å². The molecule has 0 aliphatic carbocycles. The fourth-order valence-corrected chi connectivity index (χ4v) is 3.42. The minimum Gasteiger partial charge on any atom is -0.497 e. The number of alkyl halides is 3. The summed E-state index contributed by atoms with van der Waals surface area (Å²) in [6.07, 6.45) is -4.70. The first-order chi connectivity index (χ1) is 15.1. The Morgan fingerprint density at radius 2 is 1.88 bits per heavy atom. The lowest BCUT2D eigenvalue weighted by molar-refractivity contribution is -0.275. The highest BCUT2D eigenvalue weighted by molar-refractivity contribution is 5.82. The Morgan fingerprint density at radius 3 is 2.56 bits per heavy atom. The zero-order valence-corrected chi connectivity index (χ0v) is 17.8. The van der Waals surface area contributed by atoms with Crippen molar-refractivity contribution in [2.45, 2.75) is 32.7 Å². The van der Waals surface area contributed by atoms with Gasteiger partial charge in [-0.3, -0.25) is 4.79 Å². The second-order valence-corrected chi connectivity index (χ2v) is 7.26. The topological polar surface area (TPSA) is 69.0 Å². The Kier molecular flexibility index (Phi) is 6.76. The summed E-state index contributed by atoms with van der Waals surface area (Å²) in [4.78, 5) is 26.3. The molecule has 1 aromatic heterocycles. The summed E-state index contributed by atoms with van der Waals surface area (Å²) >= 11 is 0. The predicted molar refractivity (Wildman–Crippen MR) is 112 cm³/mol. The smallest absolute Gasteiger partial charge is 0.497 e. The maximum absolute atomic E-state index is 12.6. The van der Waals surface area contributed by atoms with E-state index in [4.69, 9.17) is 9.15 Å². The Morgan fingerprint density at radius 1 is 1.16 bits per heavy atom. The molecule has 0 saturated heterocycles. The number of nitrogens with zero attached hydrogens (tertiary/aromatic N) is 1. The fraction of sp³-hybridized carbons (Fsp3) is 0.304. The highest BCUT2D eigenvalue weighted by Crippen LogP contribution is 2.27. The Bertz CT molecular complexity index is 1190. The molecule has 3 aromatic rings. The molecule has 0 N–H and O–H groups in total. The number of halogens is 3. The van der Waals surface area contributed by atoms with Crippen molar-refractivity contribution in [3.63, 3.8) is 0 Å². The van der Waals surface area contributed by atoms with Crippen molar-refractivity contribution < 1.29 is 31.9 Å². The maximum atomic E-state index is 12.6. The van der Waals surface area contributed by atoms with Crippen LogP contribution in [-0.2, 0) is 17.8 Å². The number of hydrogen-bond donors (Lipinski definition) is 0. The lowest BCUT2D eigenvalue weighted by Crippen LogP contribution is -2.28. The van der Waals surface area contributed by atoms with E-state index >= 15 is 0 Å². The zero-order valence-electron chi connectivity index (χ0n) is 17.8. The molecule has 0 spiro atoms. The standard InChI is InChI=1S/C23H22F3NO5/c1-14-17-9-8-16(30-3)12-20(17)31-22(29)18(14)10-11-21(28)27(2)13-15-6-4-5-7-19(15)32-23(24,25)26/h4-9,12H,10-11,13H2,1-3H3. The second-order valence-electron chi connectivity index (χ2n) is 7.26. The van der Waals surface area contributed by atoms with Gasteiger partial charge in [-0.15, -0.1) is 13.2 Å². The average molecular weight is 449 g/mol. The lowest BCUT2D eigenvalue weighted by Gasteiger charge is -2.20. The van der Waals surface area contributed by atoms with E-state index in [0.29, 0.717) is 22.5 Å². The van der Waals surface area contributed by atoms with Gasteiger partial charge in [0, 0.05) is 42.6 Å². The first kappa shape index (κ1) is 23.2. The largest absolute Gasteiger partial charge is 0.573 e. The molecule has 3 rings (SSSR count). The van der Waals surface area contributed by atoms with Crippen LogP contribution in [0.1, 0.15) is 23.1 Å². The number of hydrogen-bond acceptors (Lipinski definition) is 5. The van der Waals surface area contributed by atoms with Gasteiger partial charge in [0.05, 0.1) is 7.11 Å². The van der Waals surface area contributed by atoms with Crippen LogP contribution in [0.5, 0.6) is 11.5 Å². The van der Waals surface area contributed by atoms with Crippen molar-refractivity contribution in [1.82, 2.24) is 4.90 Å². The van der Waals surface area contributed by atoms with Crippen LogP contribution in [0.2, 0.25) is 0 Å². The van der Waals surface area contributed by atoms with E-state index in [-0.39, 0.29) is 36.6 Å². The number of para-hydroxylation sites is 1. The van der Waals surface area contributed by atoms with E-state index in [9.17, 15) is 22.8 Å². The van der Waals surface area contributed by atoms with Gasteiger partial charge < -0.3 is 18.8 Å². The van der Waals surface area contributed by atoms with E-state index in [1.165, 1.54) is 37.3 Å². The van der Waals surface area contributed by atoms with Crippen molar-refractivity contribution in [2.75, 3.05) is 14.2 Å². The number of fused-ring (bicyclic) bond motifs is 1. The quantitative estimate of drug-likeness (QED) is 0.493. The van der Waals surface area contributed by atoms with Crippen molar-refractivity contribution in [2.24, 2.45) is 0 Å². The van der Waals surface area contributed by atoms with Crippen LogP contribution in [0.3, 0.4) is 0 Å². The van der Waals surface area contributed by atoms with Crippen LogP contribution in [-0.4, -0.2) is 31.3 Å². The number of amides is 1. The molecule has 1 amide bonds. The highest BCUT2D eigenvalue weighted by atomic mass is 19.4. The van der Waals surface area contributed by atoms with Gasteiger partial charge in [0.15, 0.2) is 0 Å².